The van der Waals surface area contributed by atoms with Gasteiger partial charge < -0.3 is 14.5 Å². The Bertz CT molecular complexity index is 1120. The normalized spacial score (nSPS) is 14.3. The molecule has 0 amide bonds. The minimum absolute atomic E-state index is 0.330. The van der Waals surface area contributed by atoms with Crippen LogP contribution in [0.4, 0.5) is 11.4 Å². The van der Waals surface area contributed by atoms with Crippen molar-refractivity contribution in [3.05, 3.63) is 59.0 Å². The van der Waals surface area contributed by atoms with Crippen molar-refractivity contribution in [2.24, 2.45) is 0 Å². The first-order chi connectivity index (χ1) is 15.9. The van der Waals surface area contributed by atoms with E-state index in [9.17, 15) is 4.79 Å². The van der Waals surface area contributed by atoms with Gasteiger partial charge in [-0.2, -0.15) is 10.1 Å². The molecule has 0 atom stereocenters. The molecule has 1 aliphatic rings. The summed E-state index contributed by atoms with van der Waals surface area (Å²) in [6, 6.07) is 16.2. The van der Waals surface area contributed by atoms with E-state index in [0.29, 0.717) is 17.9 Å². The molecular formula is C25H32N6O2. The summed E-state index contributed by atoms with van der Waals surface area (Å²) in [5, 5.41) is 4.80. The minimum Gasteiger partial charge on any atom is -0.379 e. The van der Waals surface area contributed by atoms with Crippen LogP contribution in [0, 0.1) is 0 Å². The second kappa shape index (κ2) is 10.1. The highest BCUT2D eigenvalue weighted by molar-refractivity contribution is 5.78. The second-order valence-corrected chi connectivity index (χ2v) is 8.65. The highest BCUT2D eigenvalue weighted by atomic mass is 16.5. The lowest BCUT2D eigenvalue weighted by Crippen LogP contribution is -2.40. The van der Waals surface area contributed by atoms with Crippen LogP contribution in [0.1, 0.15) is 0 Å². The molecule has 0 N–H and O–H groups in total. The van der Waals surface area contributed by atoms with Crippen molar-refractivity contribution in [2.45, 2.75) is 6.54 Å². The van der Waals surface area contributed by atoms with E-state index < -0.39 is 0 Å². The number of nitrogens with zero attached hydrogens (tertiary/aromatic N) is 6. The third-order valence-electron chi connectivity index (χ3n) is 5.92. The van der Waals surface area contributed by atoms with E-state index in [2.05, 4.69) is 26.9 Å². The smallest absolute Gasteiger partial charge is 0.364 e. The van der Waals surface area contributed by atoms with E-state index in [4.69, 9.17) is 9.84 Å². The van der Waals surface area contributed by atoms with Crippen LogP contribution in [-0.4, -0.2) is 80.7 Å². The zero-order chi connectivity index (χ0) is 23.4. The van der Waals surface area contributed by atoms with Crippen LogP contribution >= 0.6 is 0 Å². The van der Waals surface area contributed by atoms with Gasteiger partial charge in [0.05, 0.1) is 19.8 Å². The average molecular weight is 449 g/mol. The Morgan fingerprint density at radius 2 is 1.30 bits per heavy atom. The number of ether oxygens (including phenoxy) is 1. The standard InChI is InChI=1S/C25H32N6O2/c1-28(2)21-9-5-19(6-10-21)23-24(20-7-11-22(12-8-20)29(3)4)27-31(25(32)26-23)14-13-30-15-17-33-18-16-30/h5-12H,13-18H2,1-4H3. The molecule has 2 heterocycles. The summed E-state index contributed by atoms with van der Waals surface area (Å²) in [5.74, 6) is 0. The molecule has 0 aliphatic carbocycles. The van der Waals surface area contributed by atoms with Gasteiger partial charge in [-0.05, 0) is 24.3 Å². The molecule has 1 fully saturated rings. The topological polar surface area (TPSA) is 66.7 Å². The van der Waals surface area contributed by atoms with E-state index in [1.165, 1.54) is 4.68 Å². The number of morpholine rings is 1. The van der Waals surface area contributed by atoms with Crippen molar-refractivity contribution in [1.29, 1.82) is 0 Å². The molecular weight excluding hydrogens is 416 g/mol. The first-order valence-corrected chi connectivity index (χ1v) is 11.3. The first-order valence-electron chi connectivity index (χ1n) is 11.3. The Morgan fingerprint density at radius 3 is 1.82 bits per heavy atom. The van der Waals surface area contributed by atoms with E-state index in [0.717, 1.165) is 55.3 Å². The van der Waals surface area contributed by atoms with Gasteiger partial charge in [-0.3, -0.25) is 4.90 Å². The Balaban J connectivity index is 1.72. The number of aromatic nitrogens is 3. The highest BCUT2D eigenvalue weighted by Gasteiger charge is 2.17. The molecule has 1 saturated heterocycles. The first kappa shape index (κ1) is 22.9. The fraction of sp³-hybridized carbons (Fsp3) is 0.400. The molecule has 8 nitrogen and oxygen atoms in total. The van der Waals surface area contributed by atoms with Crippen LogP contribution in [0.5, 0.6) is 0 Å². The molecule has 8 heteroatoms. The maximum Gasteiger partial charge on any atom is 0.364 e. The van der Waals surface area contributed by atoms with Gasteiger partial charge in [-0.1, -0.05) is 24.3 Å². The predicted octanol–water partition coefficient (Wildman–Crippen LogP) is 2.44. The van der Waals surface area contributed by atoms with Crippen LogP contribution in [-0.2, 0) is 11.3 Å². The van der Waals surface area contributed by atoms with E-state index in [-0.39, 0.29) is 5.69 Å². The summed E-state index contributed by atoms with van der Waals surface area (Å²) < 4.78 is 6.91. The molecule has 1 aromatic heterocycles. The van der Waals surface area contributed by atoms with Crippen LogP contribution in [0.25, 0.3) is 22.5 Å². The van der Waals surface area contributed by atoms with Crippen molar-refractivity contribution in [1.82, 2.24) is 19.7 Å². The number of rotatable bonds is 7. The second-order valence-electron chi connectivity index (χ2n) is 8.65. The molecule has 3 aromatic rings. The van der Waals surface area contributed by atoms with Crippen LogP contribution in [0.3, 0.4) is 0 Å². The molecule has 0 radical (unpaired) electrons. The fourth-order valence-corrected chi connectivity index (χ4v) is 3.85. The van der Waals surface area contributed by atoms with Gasteiger partial charge in [-0.15, -0.1) is 0 Å². The Hall–Kier alpha value is -3.23. The summed E-state index contributed by atoms with van der Waals surface area (Å²) in [4.78, 5) is 23.8. The van der Waals surface area contributed by atoms with Crippen molar-refractivity contribution in [3.63, 3.8) is 0 Å². The quantitative estimate of drug-likeness (QED) is 0.550. The predicted molar refractivity (Wildman–Crippen MR) is 133 cm³/mol. The number of hydrogen-bond donors (Lipinski definition) is 0. The molecule has 174 valence electrons. The lowest BCUT2D eigenvalue weighted by molar-refractivity contribution is 0.0357. The lowest BCUT2D eigenvalue weighted by atomic mass is 10.0. The third kappa shape index (κ3) is 5.40. The van der Waals surface area contributed by atoms with Crippen LogP contribution < -0.4 is 15.5 Å². The van der Waals surface area contributed by atoms with E-state index in [1.807, 2.05) is 69.5 Å². The monoisotopic (exact) mass is 448 g/mol. The molecule has 0 saturated carbocycles. The maximum atomic E-state index is 12.9. The Labute approximate surface area is 195 Å². The summed E-state index contributed by atoms with van der Waals surface area (Å²) >= 11 is 0. The van der Waals surface area contributed by atoms with Crippen molar-refractivity contribution in [2.75, 3.05) is 70.8 Å². The van der Waals surface area contributed by atoms with Gasteiger partial charge in [0.15, 0.2) is 0 Å². The van der Waals surface area contributed by atoms with Gasteiger partial charge >= 0.3 is 5.69 Å². The molecule has 0 bridgehead atoms. The average Bonchev–Trinajstić information content (AvgIpc) is 2.84. The summed E-state index contributed by atoms with van der Waals surface area (Å²) in [7, 11) is 8.03. The van der Waals surface area contributed by atoms with Crippen molar-refractivity contribution < 1.29 is 4.74 Å². The van der Waals surface area contributed by atoms with Crippen LogP contribution in [0.2, 0.25) is 0 Å². The Morgan fingerprint density at radius 1 is 0.788 bits per heavy atom. The van der Waals surface area contributed by atoms with Gasteiger partial charge in [0.1, 0.15) is 11.4 Å². The summed E-state index contributed by atoms with van der Waals surface area (Å²) in [5.41, 5.74) is 4.97. The third-order valence-corrected chi connectivity index (χ3v) is 5.92. The van der Waals surface area contributed by atoms with Gasteiger partial charge in [0.2, 0.25) is 0 Å². The maximum absolute atomic E-state index is 12.9. The molecule has 33 heavy (non-hydrogen) atoms. The SMILES string of the molecule is CN(C)c1ccc(-c2nc(=O)n(CCN3CCOCC3)nc2-c2ccc(N(C)C)cc2)cc1. The number of benzene rings is 2. The van der Waals surface area contributed by atoms with Gasteiger partial charge in [0.25, 0.3) is 0 Å². The molecule has 1 aliphatic heterocycles. The summed E-state index contributed by atoms with van der Waals surface area (Å²) in [6.45, 7) is 4.44. The largest absolute Gasteiger partial charge is 0.379 e. The van der Waals surface area contributed by atoms with Gasteiger partial charge in [0, 0.05) is 70.3 Å². The zero-order valence-electron chi connectivity index (χ0n) is 19.9. The zero-order valence-corrected chi connectivity index (χ0v) is 19.9. The van der Waals surface area contributed by atoms with Crippen molar-refractivity contribution in [3.8, 4) is 22.5 Å². The minimum atomic E-state index is -0.330. The van der Waals surface area contributed by atoms with E-state index in [1.54, 1.807) is 0 Å². The molecule has 2 aromatic carbocycles. The number of anilines is 2. The molecule has 4 rings (SSSR count). The van der Waals surface area contributed by atoms with Gasteiger partial charge in [-0.25, -0.2) is 9.48 Å². The number of hydrogen-bond acceptors (Lipinski definition) is 7. The molecule has 0 spiro atoms. The van der Waals surface area contributed by atoms with E-state index >= 15 is 0 Å². The van der Waals surface area contributed by atoms with Crippen LogP contribution in [0.15, 0.2) is 53.3 Å². The Kier molecular flexibility index (Phi) is 7.05. The molecule has 0 unspecified atom stereocenters. The highest BCUT2D eigenvalue weighted by Crippen LogP contribution is 2.30. The lowest BCUT2D eigenvalue weighted by Gasteiger charge is -2.26. The van der Waals surface area contributed by atoms with Crippen molar-refractivity contribution >= 4 is 11.4 Å². The fourth-order valence-electron chi connectivity index (χ4n) is 3.85. The summed E-state index contributed by atoms with van der Waals surface area (Å²) in [6.07, 6.45) is 0.